The van der Waals surface area contributed by atoms with Crippen LogP contribution in [0.2, 0.25) is 0 Å². The maximum atomic E-state index is 10.1. The number of hydrogen-bond donors (Lipinski definition) is 2. The summed E-state index contributed by atoms with van der Waals surface area (Å²) in [6.07, 6.45) is 0. The van der Waals surface area contributed by atoms with E-state index in [9.17, 15) is 10.2 Å². The van der Waals surface area contributed by atoms with Crippen LogP contribution in [0.5, 0.6) is 11.5 Å². The highest BCUT2D eigenvalue weighted by molar-refractivity contribution is 5.50. The van der Waals surface area contributed by atoms with Crippen molar-refractivity contribution in [2.45, 2.75) is 60.5 Å². The molecule has 21 heavy (non-hydrogen) atoms. The van der Waals surface area contributed by atoms with Crippen LogP contribution in [0, 0.1) is 10.8 Å². The van der Waals surface area contributed by atoms with Gasteiger partial charge in [0.1, 0.15) is 0 Å². The molecule has 1 aromatic rings. The van der Waals surface area contributed by atoms with Crippen LogP contribution in [0.25, 0.3) is 0 Å². The number of ether oxygens (including phenoxy) is 1. The third-order valence-corrected chi connectivity index (χ3v) is 5.70. The Kier molecular flexibility index (Phi) is 4.69. The number of phenols is 1. The first-order valence-corrected chi connectivity index (χ1v) is 7.41. The Hall–Kier alpha value is -1.22. The zero-order chi connectivity index (χ0) is 16.6. The van der Waals surface area contributed by atoms with Crippen molar-refractivity contribution in [1.29, 1.82) is 0 Å². The molecule has 0 saturated carbocycles. The van der Waals surface area contributed by atoms with Gasteiger partial charge >= 0.3 is 0 Å². The summed E-state index contributed by atoms with van der Waals surface area (Å²) in [5.74, 6) is 0.433. The van der Waals surface area contributed by atoms with Crippen LogP contribution in [-0.4, -0.2) is 17.3 Å². The van der Waals surface area contributed by atoms with Gasteiger partial charge in [-0.05, 0) is 33.9 Å². The molecule has 120 valence electrons. The van der Waals surface area contributed by atoms with Crippen LogP contribution < -0.4 is 4.74 Å². The Balaban J connectivity index is 3.52. The normalized spacial score (nSPS) is 13.4. The van der Waals surface area contributed by atoms with Gasteiger partial charge in [0.15, 0.2) is 11.5 Å². The molecular formula is C18H30O3. The summed E-state index contributed by atoms with van der Waals surface area (Å²) in [6.45, 7) is 15.4. The topological polar surface area (TPSA) is 49.7 Å². The van der Waals surface area contributed by atoms with E-state index in [1.54, 1.807) is 0 Å². The zero-order valence-corrected chi connectivity index (χ0v) is 14.7. The number of aromatic hydroxyl groups is 1. The first-order chi connectivity index (χ1) is 9.40. The van der Waals surface area contributed by atoms with Gasteiger partial charge in [-0.1, -0.05) is 48.5 Å². The second kappa shape index (κ2) is 5.53. The molecule has 0 saturated heterocycles. The molecule has 0 spiro atoms. The van der Waals surface area contributed by atoms with E-state index in [1.807, 2.05) is 12.1 Å². The van der Waals surface area contributed by atoms with Crippen molar-refractivity contribution in [3.8, 4) is 11.5 Å². The molecule has 1 aromatic carbocycles. The lowest BCUT2D eigenvalue weighted by Crippen LogP contribution is -2.45. The Labute approximate surface area is 129 Å². The van der Waals surface area contributed by atoms with Crippen LogP contribution in [0.3, 0.4) is 0 Å². The van der Waals surface area contributed by atoms with Gasteiger partial charge in [0, 0.05) is 5.56 Å². The van der Waals surface area contributed by atoms with Gasteiger partial charge in [-0.15, -0.1) is 0 Å². The van der Waals surface area contributed by atoms with Crippen LogP contribution in [-0.2, 0) is 12.0 Å². The minimum Gasteiger partial charge on any atom is -0.504 e. The molecule has 0 heterocycles. The molecule has 0 unspecified atom stereocenters. The predicted octanol–water partition coefficient (Wildman–Crippen LogP) is 4.24. The maximum Gasteiger partial charge on any atom is 0.163 e. The van der Waals surface area contributed by atoms with Crippen LogP contribution in [0.1, 0.15) is 59.6 Å². The lowest BCUT2D eigenvalue weighted by atomic mass is 9.53. The number of hydrogen-bond acceptors (Lipinski definition) is 3. The SMILES string of the molecule is COc1cc(C(C)(C)C(C)(C)C(C)(C)C)cc(CO)c1O. The maximum absolute atomic E-state index is 10.1. The Morgan fingerprint density at radius 1 is 1.00 bits per heavy atom. The average Bonchev–Trinajstić information content (AvgIpc) is 2.37. The number of aliphatic hydroxyl groups excluding tert-OH is 1. The standard InChI is InChI=1S/C18H30O3/c1-16(2,3)18(6,7)17(4,5)13-9-12(11-19)15(20)14(10-13)21-8/h9-10,19-20H,11H2,1-8H3. The van der Waals surface area contributed by atoms with Gasteiger partial charge in [0.2, 0.25) is 0 Å². The molecule has 0 aromatic heterocycles. The number of benzene rings is 1. The summed E-state index contributed by atoms with van der Waals surface area (Å²) >= 11 is 0. The van der Waals surface area contributed by atoms with Crippen molar-refractivity contribution in [1.82, 2.24) is 0 Å². The second-order valence-electron chi connectivity index (χ2n) is 7.84. The third kappa shape index (κ3) is 2.89. The van der Waals surface area contributed by atoms with E-state index < -0.39 is 0 Å². The van der Waals surface area contributed by atoms with Gasteiger partial charge in [0.05, 0.1) is 13.7 Å². The molecule has 0 atom stereocenters. The fourth-order valence-corrected chi connectivity index (χ4v) is 2.60. The average molecular weight is 294 g/mol. The van der Waals surface area contributed by atoms with Crippen LogP contribution in [0.15, 0.2) is 12.1 Å². The molecule has 0 fully saturated rings. The molecule has 3 heteroatoms. The lowest BCUT2D eigenvalue weighted by Gasteiger charge is -2.51. The Morgan fingerprint density at radius 3 is 1.90 bits per heavy atom. The fraction of sp³-hybridized carbons (Fsp3) is 0.667. The summed E-state index contributed by atoms with van der Waals surface area (Å²) in [6, 6.07) is 3.76. The largest absolute Gasteiger partial charge is 0.504 e. The predicted molar refractivity (Wildman–Crippen MR) is 86.8 cm³/mol. The van der Waals surface area contributed by atoms with E-state index in [-0.39, 0.29) is 28.6 Å². The highest BCUT2D eigenvalue weighted by atomic mass is 16.5. The summed E-state index contributed by atoms with van der Waals surface area (Å²) < 4.78 is 5.26. The van der Waals surface area contributed by atoms with Gasteiger partial charge < -0.3 is 14.9 Å². The van der Waals surface area contributed by atoms with Crippen LogP contribution >= 0.6 is 0 Å². The number of methoxy groups -OCH3 is 1. The minimum absolute atomic E-state index is 0.00525. The summed E-state index contributed by atoms with van der Waals surface area (Å²) in [5, 5.41) is 19.5. The Bertz CT molecular complexity index is 483. The summed E-state index contributed by atoms with van der Waals surface area (Å²) in [4.78, 5) is 0. The number of aliphatic hydroxyl groups is 1. The van der Waals surface area contributed by atoms with Gasteiger partial charge in [-0.3, -0.25) is 0 Å². The molecule has 0 amide bonds. The Morgan fingerprint density at radius 2 is 1.52 bits per heavy atom. The molecule has 3 nitrogen and oxygen atoms in total. The van der Waals surface area contributed by atoms with Crippen molar-refractivity contribution in [3.05, 3.63) is 23.3 Å². The van der Waals surface area contributed by atoms with Gasteiger partial charge in [0.25, 0.3) is 0 Å². The zero-order valence-electron chi connectivity index (χ0n) is 14.7. The summed E-state index contributed by atoms with van der Waals surface area (Å²) in [5.41, 5.74) is 1.49. The molecule has 0 bridgehead atoms. The highest BCUT2D eigenvalue weighted by Crippen LogP contribution is 2.53. The molecule has 0 aliphatic rings. The third-order valence-electron chi connectivity index (χ3n) is 5.70. The quantitative estimate of drug-likeness (QED) is 0.873. The number of rotatable bonds is 4. The highest BCUT2D eigenvalue weighted by Gasteiger charge is 2.46. The van der Waals surface area contributed by atoms with Crippen molar-refractivity contribution < 1.29 is 14.9 Å². The van der Waals surface area contributed by atoms with E-state index >= 15 is 0 Å². The fourth-order valence-electron chi connectivity index (χ4n) is 2.60. The molecule has 0 radical (unpaired) electrons. The summed E-state index contributed by atoms with van der Waals surface area (Å²) in [7, 11) is 1.53. The monoisotopic (exact) mass is 294 g/mol. The molecule has 0 aliphatic heterocycles. The van der Waals surface area contributed by atoms with Crippen molar-refractivity contribution in [2.24, 2.45) is 10.8 Å². The van der Waals surface area contributed by atoms with E-state index in [4.69, 9.17) is 4.74 Å². The second-order valence-corrected chi connectivity index (χ2v) is 7.84. The lowest BCUT2D eigenvalue weighted by molar-refractivity contribution is 0.0453. The van der Waals surface area contributed by atoms with Crippen molar-refractivity contribution in [3.63, 3.8) is 0 Å². The van der Waals surface area contributed by atoms with Crippen molar-refractivity contribution in [2.75, 3.05) is 7.11 Å². The molecule has 2 N–H and O–H groups in total. The first kappa shape index (κ1) is 17.8. The molecule has 0 aliphatic carbocycles. The van der Waals surface area contributed by atoms with E-state index in [0.717, 1.165) is 5.56 Å². The van der Waals surface area contributed by atoms with Gasteiger partial charge in [-0.25, -0.2) is 0 Å². The smallest absolute Gasteiger partial charge is 0.163 e. The molecule has 1 rings (SSSR count). The minimum atomic E-state index is -0.206. The first-order valence-electron chi connectivity index (χ1n) is 7.41. The van der Waals surface area contributed by atoms with Crippen molar-refractivity contribution >= 4 is 0 Å². The van der Waals surface area contributed by atoms with Crippen LogP contribution in [0.4, 0.5) is 0 Å². The van der Waals surface area contributed by atoms with E-state index in [0.29, 0.717) is 11.3 Å². The van der Waals surface area contributed by atoms with E-state index in [2.05, 4.69) is 48.5 Å². The van der Waals surface area contributed by atoms with Gasteiger partial charge in [-0.2, -0.15) is 0 Å². The molecular weight excluding hydrogens is 264 g/mol. The van der Waals surface area contributed by atoms with E-state index in [1.165, 1.54) is 7.11 Å².